The van der Waals surface area contributed by atoms with Gasteiger partial charge >= 0.3 is 17.9 Å². The van der Waals surface area contributed by atoms with Gasteiger partial charge in [0.15, 0.2) is 6.10 Å². The van der Waals surface area contributed by atoms with E-state index in [2.05, 4.69) is 81.5 Å². The third kappa shape index (κ3) is 51.9. The third-order valence-electron chi connectivity index (χ3n) is 12.0. The monoisotopic (exact) mass is 909 g/mol. The van der Waals surface area contributed by atoms with Crippen LogP contribution >= 0.6 is 0 Å². The minimum atomic E-state index is -0.797. The van der Waals surface area contributed by atoms with Gasteiger partial charge in [0.05, 0.1) is 0 Å². The summed E-state index contributed by atoms with van der Waals surface area (Å²) in [7, 11) is 0. The smallest absolute Gasteiger partial charge is 0.306 e. The molecule has 0 radical (unpaired) electrons. The van der Waals surface area contributed by atoms with Crippen molar-refractivity contribution < 1.29 is 28.6 Å². The van der Waals surface area contributed by atoms with Gasteiger partial charge in [0.2, 0.25) is 0 Å². The maximum absolute atomic E-state index is 12.8. The Kier molecular flexibility index (Phi) is 51.3. The molecule has 0 saturated carbocycles. The summed E-state index contributed by atoms with van der Waals surface area (Å²) in [6, 6.07) is 0. The molecule has 0 rings (SSSR count). The Bertz CT molecular complexity index is 1180. The second-order valence-corrected chi connectivity index (χ2v) is 18.5. The van der Waals surface area contributed by atoms with E-state index in [4.69, 9.17) is 14.2 Å². The van der Waals surface area contributed by atoms with Crippen LogP contribution < -0.4 is 0 Å². The van der Waals surface area contributed by atoms with Gasteiger partial charge in [-0.05, 0) is 83.5 Å². The fourth-order valence-electron chi connectivity index (χ4n) is 7.78. The molecule has 6 nitrogen and oxygen atoms in total. The van der Waals surface area contributed by atoms with Crippen molar-refractivity contribution in [2.24, 2.45) is 0 Å². The van der Waals surface area contributed by atoms with Crippen LogP contribution in [0.1, 0.15) is 278 Å². The van der Waals surface area contributed by atoms with Crippen LogP contribution in [0, 0.1) is 0 Å². The number of hydrogen-bond donors (Lipinski definition) is 0. The zero-order valence-electron chi connectivity index (χ0n) is 43.0. The van der Waals surface area contributed by atoms with E-state index in [9.17, 15) is 14.4 Å². The summed E-state index contributed by atoms with van der Waals surface area (Å²) in [4.78, 5) is 38.1. The van der Waals surface area contributed by atoms with Crippen molar-refractivity contribution in [3.05, 3.63) is 60.8 Å². The molecule has 0 saturated heterocycles. The molecule has 0 aliphatic rings. The van der Waals surface area contributed by atoms with E-state index in [0.29, 0.717) is 19.3 Å². The van der Waals surface area contributed by atoms with E-state index in [1.165, 1.54) is 161 Å². The molecule has 0 heterocycles. The molecule has 6 heteroatoms. The van der Waals surface area contributed by atoms with Crippen LogP contribution in [0.5, 0.6) is 0 Å². The average Bonchev–Trinajstić information content (AvgIpc) is 3.30. The van der Waals surface area contributed by atoms with Gasteiger partial charge in [0.25, 0.3) is 0 Å². The molecular formula is C59H104O6. The molecule has 0 amide bonds. The van der Waals surface area contributed by atoms with E-state index < -0.39 is 6.10 Å². The lowest BCUT2D eigenvalue weighted by Gasteiger charge is -2.18. The Hall–Kier alpha value is -2.89. The van der Waals surface area contributed by atoms with Gasteiger partial charge in [0, 0.05) is 19.3 Å². The SMILES string of the molecule is CCCCC/C=C/C/C=C/C/C=C/C/C=C/CCCC(=O)OC[C@@H](COC(=O)CCCCCCC/C=C/CCCCCCC)OC(=O)CCCCCCCCCCCCCCCCCC. The van der Waals surface area contributed by atoms with Gasteiger partial charge in [-0.15, -0.1) is 0 Å². The first kappa shape index (κ1) is 62.1. The average molecular weight is 909 g/mol. The highest BCUT2D eigenvalue weighted by molar-refractivity contribution is 5.71. The fourth-order valence-corrected chi connectivity index (χ4v) is 7.78. The summed E-state index contributed by atoms with van der Waals surface area (Å²) in [5, 5.41) is 0. The number of unbranched alkanes of at least 4 members (excludes halogenated alkanes) is 29. The Morgan fingerprint density at radius 2 is 0.569 bits per heavy atom. The van der Waals surface area contributed by atoms with Crippen LogP contribution in [-0.2, 0) is 28.6 Å². The maximum atomic E-state index is 12.8. The standard InChI is InChI=1S/C59H104O6/c1-4-7-10-13-16-19-22-25-28-30-32-34-37-40-43-46-49-52-58(61)64-55-56(54-63-57(60)51-48-45-42-39-36-33-27-24-21-18-15-12-9-6-3)65-59(62)53-50-47-44-41-38-35-31-29-26-23-20-17-14-11-8-5-2/h16,19,24-25,27-28,32,34,40,43,56H,4-15,17-18,20-23,26,29-31,33,35-39,41-42,44-55H2,1-3H3/b19-16+,27-24+,28-25+,34-32+,43-40+/t56-/m1/s1. The summed E-state index contributed by atoms with van der Waals surface area (Å²) in [6.07, 6.45) is 66.4. The number of esters is 3. The molecule has 0 aliphatic heterocycles. The molecule has 0 fully saturated rings. The van der Waals surface area contributed by atoms with Crippen LogP contribution in [0.25, 0.3) is 0 Å². The Morgan fingerprint density at radius 3 is 0.969 bits per heavy atom. The van der Waals surface area contributed by atoms with Gasteiger partial charge in [-0.2, -0.15) is 0 Å². The van der Waals surface area contributed by atoms with E-state index in [1.54, 1.807) is 0 Å². The zero-order chi connectivity index (χ0) is 47.2. The minimum absolute atomic E-state index is 0.0933. The molecule has 65 heavy (non-hydrogen) atoms. The number of ether oxygens (including phenoxy) is 3. The first-order valence-electron chi connectivity index (χ1n) is 27.8. The molecular weight excluding hydrogens is 805 g/mol. The summed E-state index contributed by atoms with van der Waals surface area (Å²) >= 11 is 0. The van der Waals surface area contributed by atoms with Crippen molar-refractivity contribution in [1.82, 2.24) is 0 Å². The van der Waals surface area contributed by atoms with E-state index >= 15 is 0 Å². The van der Waals surface area contributed by atoms with Gasteiger partial charge in [-0.3, -0.25) is 14.4 Å². The molecule has 376 valence electrons. The summed E-state index contributed by atoms with van der Waals surface area (Å²) < 4.78 is 16.8. The fraction of sp³-hybridized carbons (Fsp3) is 0.780. The van der Waals surface area contributed by atoms with Crippen molar-refractivity contribution in [1.29, 1.82) is 0 Å². The normalized spacial score (nSPS) is 12.5. The lowest BCUT2D eigenvalue weighted by molar-refractivity contribution is -0.167. The highest BCUT2D eigenvalue weighted by atomic mass is 16.6. The number of rotatable bonds is 50. The molecule has 1 atom stereocenters. The van der Waals surface area contributed by atoms with Gasteiger partial charge < -0.3 is 14.2 Å². The van der Waals surface area contributed by atoms with Gasteiger partial charge in [-0.1, -0.05) is 236 Å². The van der Waals surface area contributed by atoms with Crippen molar-refractivity contribution in [2.45, 2.75) is 284 Å². The second-order valence-electron chi connectivity index (χ2n) is 18.5. The number of hydrogen-bond acceptors (Lipinski definition) is 6. The first-order valence-corrected chi connectivity index (χ1v) is 27.8. The molecule has 0 bridgehead atoms. The van der Waals surface area contributed by atoms with E-state index in [1.807, 2.05) is 0 Å². The largest absolute Gasteiger partial charge is 0.462 e. The van der Waals surface area contributed by atoms with Gasteiger partial charge in [-0.25, -0.2) is 0 Å². The van der Waals surface area contributed by atoms with E-state index in [-0.39, 0.29) is 37.5 Å². The van der Waals surface area contributed by atoms with E-state index in [0.717, 1.165) is 70.6 Å². The quantitative estimate of drug-likeness (QED) is 0.0262. The van der Waals surface area contributed by atoms with Crippen LogP contribution in [0.15, 0.2) is 60.8 Å². The molecule has 0 aromatic carbocycles. The first-order chi connectivity index (χ1) is 32.0. The van der Waals surface area contributed by atoms with Crippen molar-refractivity contribution in [2.75, 3.05) is 13.2 Å². The topological polar surface area (TPSA) is 78.9 Å². The Balaban J connectivity index is 4.45. The third-order valence-corrected chi connectivity index (χ3v) is 12.0. The van der Waals surface area contributed by atoms with Gasteiger partial charge in [0.1, 0.15) is 13.2 Å². The molecule has 0 spiro atoms. The van der Waals surface area contributed by atoms with Crippen molar-refractivity contribution in [3.8, 4) is 0 Å². The van der Waals surface area contributed by atoms with Crippen molar-refractivity contribution >= 4 is 17.9 Å². The zero-order valence-corrected chi connectivity index (χ0v) is 43.0. The van der Waals surface area contributed by atoms with Crippen LogP contribution in [-0.4, -0.2) is 37.2 Å². The summed E-state index contributed by atoms with van der Waals surface area (Å²) in [6.45, 7) is 6.57. The summed E-state index contributed by atoms with van der Waals surface area (Å²) in [5.41, 5.74) is 0. The number of carbonyl (C=O) groups excluding carboxylic acids is 3. The van der Waals surface area contributed by atoms with Crippen LogP contribution in [0.3, 0.4) is 0 Å². The number of carbonyl (C=O) groups is 3. The Morgan fingerprint density at radius 1 is 0.308 bits per heavy atom. The molecule has 0 aromatic heterocycles. The number of allylic oxidation sites excluding steroid dienone is 10. The van der Waals surface area contributed by atoms with Crippen molar-refractivity contribution in [3.63, 3.8) is 0 Å². The molecule has 0 aromatic rings. The predicted molar refractivity (Wildman–Crippen MR) is 279 cm³/mol. The second kappa shape index (κ2) is 53.7. The highest BCUT2D eigenvalue weighted by Crippen LogP contribution is 2.15. The minimum Gasteiger partial charge on any atom is -0.462 e. The lowest BCUT2D eigenvalue weighted by Crippen LogP contribution is -2.30. The summed E-state index contributed by atoms with van der Waals surface area (Å²) in [5.74, 6) is -0.949. The highest BCUT2D eigenvalue weighted by Gasteiger charge is 2.19. The molecule has 0 aliphatic carbocycles. The Labute approximate surface area is 402 Å². The van der Waals surface area contributed by atoms with Crippen LogP contribution in [0.2, 0.25) is 0 Å². The molecule has 0 unspecified atom stereocenters. The predicted octanol–water partition coefficient (Wildman–Crippen LogP) is 18.4. The lowest BCUT2D eigenvalue weighted by atomic mass is 10.0. The van der Waals surface area contributed by atoms with Crippen LogP contribution in [0.4, 0.5) is 0 Å². The molecule has 0 N–H and O–H groups in total. The maximum Gasteiger partial charge on any atom is 0.306 e.